The van der Waals surface area contributed by atoms with E-state index < -0.39 is 0 Å². The van der Waals surface area contributed by atoms with E-state index in [2.05, 4.69) is 21.2 Å². The molecule has 23 heavy (non-hydrogen) atoms. The Bertz CT molecular complexity index is 728. The first-order chi connectivity index (χ1) is 11.1. The van der Waals surface area contributed by atoms with Gasteiger partial charge in [-0.15, -0.1) is 0 Å². The van der Waals surface area contributed by atoms with Gasteiger partial charge in [0.25, 0.3) is 0 Å². The van der Waals surface area contributed by atoms with E-state index in [1.807, 2.05) is 36.4 Å². The Kier molecular flexibility index (Phi) is 4.76. The first kappa shape index (κ1) is 15.7. The van der Waals surface area contributed by atoms with Crippen molar-refractivity contribution in [3.63, 3.8) is 0 Å². The molecule has 1 aliphatic heterocycles. The second-order valence-electron chi connectivity index (χ2n) is 5.51. The third-order valence-electron chi connectivity index (χ3n) is 3.85. The van der Waals surface area contributed by atoms with Crippen LogP contribution in [0.2, 0.25) is 0 Å². The highest BCUT2D eigenvalue weighted by Crippen LogP contribution is 2.27. The Labute approximate surface area is 143 Å². The molecule has 0 radical (unpaired) electrons. The highest BCUT2D eigenvalue weighted by molar-refractivity contribution is 9.10. The fourth-order valence-electron chi connectivity index (χ4n) is 2.76. The van der Waals surface area contributed by atoms with Crippen molar-refractivity contribution >= 4 is 39.1 Å². The third-order valence-corrected chi connectivity index (χ3v) is 4.38. The maximum absolute atomic E-state index is 12.5. The molecule has 0 saturated carbocycles. The van der Waals surface area contributed by atoms with Gasteiger partial charge in [0.15, 0.2) is 0 Å². The number of aryl methyl sites for hydroxylation is 1. The molecule has 1 heterocycles. The summed E-state index contributed by atoms with van der Waals surface area (Å²) in [5.41, 5.74) is 2.78. The zero-order valence-electron chi connectivity index (χ0n) is 12.6. The van der Waals surface area contributed by atoms with Crippen molar-refractivity contribution in [2.75, 3.05) is 16.8 Å². The van der Waals surface area contributed by atoms with Gasteiger partial charge in [0.2, 0.25) is 11.8 Å². The lowest BCUT2D eigenvalue weighted by Crippen LogP contribution is -2.37. The molecule has 0 unspecified atom stereocenters. The summed E-state index contributed by atoms with van der Waals surface area (Å²) < 4.78 is 0.941. The highest BCUT2D eigenvalue weighted by Gasteiger charge is 2.23. The number of anilines is 2. The van der Waals surface area contributed by atoms with Gasteiger partial charge in [-0.2, -0.15) is 0 Å². The third kappa shape index (κ3) is 3.79. The number of halogens is 1. The second-order valence-corrected chi connectivity index (χ2v) is 6.43. The van der Waals surface area contributed by atoms with Crippen LogP contribution in [0.1, 0.15) is 18.4 Å². The summed E-state index contributed by atoms with van der Waals surface area (Å²) in [5.74, 6) is -0.452. The molecule has 5 heteroatoms. The largest absolute Gasteiger partial charge is 0.326 e. The predicted molar refractivity (Wildman–Crippen MR) is 94.5 cm³/mol. The topological polar surface area (TPSA) is 49.4 Å². The average molecular weight is 373 g/mol. The molecule has 0 spiro atoms. The van der Waals surface area contributed by atoms with Crippen LogP contribution in [0.25, 0.3) is 0 Å². The number of amides is 2. The summed E-state index contributed by atoms with van der Waals surface area (Å²) in [6.07, 6.45) is 1.76. The van der Waals surface area contributed by atoms with Crippen LogP contribution in [0.3, 0.4) is 0 Å². The van der Waals surface area contributed by atoms with E-state index in [0.717, 1.165) is 23.0 Å². The summed E-state index contributed by atoms with van der Waals surface area (Å²) in [7, 11) is 0. The van der Waals surface area contributed by atoms with E-state index in [4.69, 9.17) is 0 Å². The van der Waals surface area contributed by atoms with Crippen molar-refractivity contribution in [2.45, 2.75) is 19.3 Å². The smallest absolute Gasteiger partial charge is 0.236 e. The van der Waals surface area contributed by atoms with Gasteiger partial charge < -0.3 is 10.2 Å². The maximum Gasteiger partial charge on any atom is 0.236 e. The quantitative estimate of drug-likeness (QED) is 0.833. The summed E-state index contributed by atoms with van der Waals surface area (Å²) in [6, 6.07) is 15.2. The lowest BCUT2D eigenvalue weighted by molar-refractivity contribution is -0.125. The SMILES string of the molecule is O=C(CC(=O)N1CCCc2ccccc21)Nc1ccc(Br)cc1. The van der Waals surface area contributed by atoms with Crippen LogP contribution in [0.15, 0.2) is 53.0 Å². The van der Waals surface area contributed by atoms with E-state index in [1.165, 1.54) is 5.56 Å². The zero-order chi connectivity index (χ0) is 16.2. The molecule has 0 aromatic heterocycles. The molecule has 0 atom stereocenters. The number of carbonyl (C=O) groups is 2. The predicted octanol–water partition coefficient (Wildman–Crippen LogP) is 3.76. The van der Waals surface area contributed by atoms with Crippen molar-refractivity contribution in [1.29, 1.82) is 0 Å². The van der Waals surface area contributed by atoms with E-state index in [-0.39, 0.29) is 18.2 Å². The summed E-state index contributed by atoms with van der Waals surface area (Å²) >= 11 is 3.35. The molecule has 1 aliphatic rings. The Balaban J connectivity index is 1.65. The normalized spacial score (nSPS) is 13.3. The summed E-state index contributed by atoms with van der Waals surface area (Å²) in [4.78, 5) is 26.3. The van der Waals surface area contributed by atoms with E-state index in [1.54, 1.807) is 17.0 Å². The van der Waals surface area contributed by atoms with Crippen molar-refractivity contribution in [3.05, 3.63) is 58.6 Å². The molecule has 1 N–H and O–H groups in total. The standard InChI is InChI=1S/C18H17BrN2O2/c19-14-7-9-15(10-8-14)20-17(22)12-18(23)21-11-3-5-13-4-1-2-6-16(13)21/h1-2,4,6-10H,3,5,11-12H2,(H,20,22). The van der Waals surface area contributed by atoms with Gasteiger partial charge in [-0.1, -0.05) is 34.1 Å². The number of nitrogens with one attached hydrogen (secondary N) is 1. The molecule has 2 amide bonds. The number of benzene rings is 2. The number of nitrogens with zero attached hydrogens (tertiary/aromatic N) is 1. The second kappa shape index (κ2) is 6.96. The van der Waals surface area contributed by atoms with Gasteiger partial charge in [-0.25, -0.2) is 0 Å². The molecule has 0 fully saturated rings. The van der Waals surface area contributed by atoms with Crippen LogP contribution in [-0.2, 0) is 16.0 Å². The number of para-hydroxylation sites is 1. The molecular formula is C18H17BrN2O2. The van der Waals surface area contributed by atoms with Crippen LogP contribution in [-0.4, -0.2) is 18.4 Å². The molecule has 0 saturated heterocycles. The molecule has 118 valence electrons. The monoisotopic (exact) mass is 372 g/mol. The summed E-state index contributed by atoms with van der Waals surface area (Å²) in [6.45, 7) is 0.668. The fourth-order valence-corrected chi connectivity index (χ4v) is 3.03. The number of fused-ring (bicyclic) bond motifs is 1. The van der Waals surface area contributed by atoms with Gasteiger partial charge in [0, 0.05) is 22.4 Å². The molecule has 3 rings (SSSR count). The summed E-state index contributed by atoms with van der Waals surface area (Å²) in [5, 5.41) is 2.76. The number of carbonyl (C=O) groups excluding carboxylic acids is 2. The van der Waals surface area contributed by atoms with Gasteiger partial charge in [0.05, 0.1) is 0 Å². The highest BCUT2D eigenvalue weighted by atomic mass is 79.9. The molecule has 0 aliphatic carbocycles. The Hall–Kier alpha value is -2.14. The van der Waals surface area contributed by atoms with E-state index in [0.29, 0.717) is 12.2 Å². The number of hydrogen-bond donors (Lipinski definition) is 1. The Morgan fingerprint density at radius 2 is 1.83 bits per heavy atom. The van der Waals surface area contributed by atoms with Crippen molar-refractivity contribution in [1.82, 2.24) is 0 Å². The van der Waals surface area contributed by atoms with Gasteiger partial charge in [-0.3, -0.25) is 9.59 Å². The maximum atomic E-state index is 12.5. The average Bonchev–Trinajstić information content (AvgIpc) is 2.56. The fraction of sp³-hybridized carbons (Fsp3) is 0.222. The minimum absolute atomic E-state index is 0.148. The minimum atomic E-state index is -0.291. The van der Waals surface area contributed by atoms with Crippen LogP contribution in [0.5, 0.6) is 0 Å². The van der Waals surface area contributed by atoms with E-state index >= 15 is 0 Å². The van der Waals surface area contributed by atoms with Crippen molar-refractivity contribution < 1.29 is 9.59 Å². The molecule has 0 bridgehead atoms. The van der Waals surface area contributed by atoms with Crippen LogP contribution < -0.4 is 10.2 Å². The molecule has 2 aromatic rings. The number of rotatable bonds is 3. The Morgan fingerprint density at radius 1 is 1.09 bits per heavy atom. The first-order valence-electron chi connectivity index (χ1n) is 7.57. The molecular weight excluding hydrogens is 356 g/mol. The van der Waals surface area contributed by atoms with Crippen molar-refractivity contribution in [3.8, 4) is 0 Å². The lowest BCUT2D eigenvalue weighted by atomic mass is 10.0. The molecule has 2 aromatic carbocycles. The van der Waals surface area contributed by atoms with Gasteiger partial charge in [-0.05, 0) is 48.7 Å². The molecule has 4 nitrogen and oxygen atoms in total. The lowest BCUT2D eigenvalue weighted by Gasteiger charge is -2.29. The zero-order valence-corrected chi connectivity index (χ0v) is 14.2. The van der Waals surface area contributed by atoms with Crippen LogP contribution in [0.4, 0.5) is 11.4 Å². The van der Waals surface area contributed by atoms with Crippen LogP contribution >= 0.6 is 15.9 Å². The van der Waals surface area contributed by atoms with Gasteiger partial charge in [0.1, 0.15) is 6.42 Å². The first-order valence-corrected chi connectivity index (χ1v) is 8.36. The van der Waals surface area contributed by atoms with Crippen LogP contribution in [0, 0.1) is 0 Å². The van der Waals surface area contributed by atoms with Crippen molar-refractivity contribution in [2.24, 2.45) is 0 Å². The van der Waals surface area contributed by atoms with E-state index in [9.17, 15) is 9.59 Å². The Morgan fingerprint density at radius 3 is 2.61 bits per heavy atom. The number of hydrogen-bond acceptors (Lipinski definition) is 2. The minimum Gasteiger partial charge on any atom is -0.326 e. The van der Waals surface area contributed by atoms with Gasteiger partial charge >= 0.3 is 0 Å².